The maximum atomic E-state index is 12.3. The van der Waals surface area contributed by atoms with Gasteiger partial charge in [-0.3, -0.25) is 9.10 Å². The number of likely N-dealkylation sites (N-methyl/N-ethyl adjacent to an activating group) is 1. The van der Waals surface area contributed by atoms with E-state index < -0.39 is 22.0 Å². The monoisotopic (exact) mass is 381 g/mol. The van der Waals surface area contributed by atoms with Crippen molar-refractivity contribution in [1.29, 1.82) is 0 Å². The molecule has 0 unspecified atom stereocenters. The average molecular weight is 382 g/mol. The van der Waals surface area contributed by atoms with Crippen LogP contribution in [-0.2, 0) is 14.8 Å². The van der Waals surface area contributed by atoms with Gasteiger partial charge in [-0.15, -0.1) is 0 Å². The highest BCUT2D eigenvalue weighted by Gasteiger charge is 2.30. The topological polar surface area (TPSA) is 69.7 Å². The normalized spacial score (nSPS) is 13.0. The minimum atomic E-state index is -3.72. The minimum Gasteiger partial charge on any atom is -0.353 e. The van der Waals surface area contributed by atoms with E-state index in [-0.39, 0.29) is 10.7 Å². The van der Waals surface area contributed by atoms with Crippen LogP contribution in [0.15, 0.2) is 18.2 Å². The quantitative estimate of drug-likeness (QED) is 0.781. The fourth-order valence-corrected chi connectivity index (χ4v) is 3.59. The summed E-state index contributed by atoms with van der Waals surface area (Å²) in [5, 5.41) is 3.24. The summed E-state index contributed by atoms with van der Waals surface area (Å²) in [6.07, 6.45) is 1.02. The number of sulfonamides is 1. The number of nitrogens with one attached hydrogen (secondary N) is 1. The first-order valence-corrected chi connectivity index (χ1v) is 9.51. The standard InChI is InChI=1S/C14H21Cl2N3O3S/c1-10(14(20)17-7-8-18(2)3)19(23(4,21)22)13-9-11(15)5-6-12(13)16/h5-6,9-10H,7-8H2,1-4H3,(H,17,20)/t10-/m1/s1. The number of rotatable bonds is 7. The van der Waals surface area contributed by atoms with Crippen LogP contribution in [0.2, 0.25) is 10.0 Å². The molecule has 1 aromatic rings. The lowest BCUT2D eigenvalue weighted by atomic mass is 10.2. The third-order valence-corrected chi connectivity index (χ3v) is 4.87. The summed E-state index contributed by atoms with van der Waals surface area (Å²) in [6.45, 7) is 2.57. The van der Waals surface area contributed by atoms with Gasteiger partial charge in [-0.2, -0.15) is 0 Å². The number of halogens is 2. The van der Waals surface area contributed by atoms with E-state index >= 15 is 0 Å². The van der Waals surface area contributed by atoms with E-state index in [2.05, 4.69) is 5.32 Å². The van der Waals surface area contributed by atoms with Gasteiger partial charge < -0.3 is 10.2 Å². The molecule has 1 N–H and O–H groups in total. The Morgan fingerprint density at radius 1 is 1.30 bits per heavy atom. The van der Waals surface area contributed by atoms with Crippen molar-refractivity contribution < 1.29 is 13.2 Å². The van der Waals surface area contributed by atoms with Crippen molar-refractivity contribution in [3.63, 3.8) is 0 Å². The van der Waals surface area contributed by atoms with Crippen molar-refractivity contribution in [3.05, 3.63) is 28.2 Å². The summed E-state index contributed by atoms with van der Waals surface area (Å²) in [7, 11) is 0.0343. The first-order valence-electron chi connectivity index (χ1n) is 6.91. The van der Waals surface area contributed by atoms with Gasteiger partial charge in [-0.25, -0.2) is 8.42 Å². The largest absolute Gasteiger partial charge is 0.353 e. The van der Waals surface area contributed by atoms with Gasteiger partial charge in [0, 0.05) is 18.1 Å². The Bertz CT molecular complexity index is 665. The highest BCUT2D eigenvalue weighted by atomic mass is 35.5. The second-order valence-electron chi connectivity index (χ2n) is 5.42. The molecule has 9 heteroatoms. The van der Waals surface area contributed by atoms with Gasteiger partial charge in [-0.1, -0.05) is 23.2 Å². The summed E-state index contributed by atoms with van der Waals surface area (Å²) in [4.78, 5) is 14.2. The maximum Gasteiger partial charge on any atom is 0.243 e. The highest BCUT2D eigenvalue weighted by Crippen LogP contribution is 2.32. The molecule has 0 heterocycles. The van der Waals surface area contributed by atoms with Crippen LogP contribution in [0.25, 0.3) is 0 Å². The van der Waals surface area contributed by atoms with E-state index in [1.54, 1.807) is 6.07 Å². The minimum absolute atomic E-state index is 0.178. The molecule has 0 bridgehead atoms. The highest BCUT2D eigenvalue weighted by molar-refractivity contribution is 7.92. The van der Waals surface area contributed by atoms with E-state index in [1.807, 2.05) is 19.0 Å². The molecule has 0 aliphatic heterocycles. The lowest BCUT2D eigenvalue weighted by molar-refractivity contribution is -0.121. The first kappa shape index (κ1) is 20.0. The average Bonchev–Trinajstić information content (AvgIpc) is 2.40. The molecular weight excluding hydrogens is 361 g/mol. The Balaban J connectivity index is 3.08. The second-order valence-corrected chi connectivity index (χ2v) is 8.13. The number of nitrogens with zero attached hydrogens (tertiary/aromatic N) is 2. The zero-order valence-corrected chi connectivity index (χ0v) is 15.8. The lowest BCUT2D eigenvalue weighted by Crippen LogP contribution is -2.49. The number of hydrogen-bond acceptors (Lipinski definition) is 4. The molecule has 0 saturated carbocycles. The fraction of sp³-hybridized carbons (Fsp3) is 0.500. The molecule has 0 aromatic heterocycles. The van der Waals surface area contributed by atoms with Crippen molar-refractivity contribution in [1.82, 2.24) is 10.2 Å². The van der Waals surface area contributed by atoms with E-state index in [0.717, 1.165) is 10.6 Å². The van der Waals surface area contributed by atoms with Crippen LogP contribution in [0.1, 0.15) is 6.92 Å². The molecule has 0 aliphatic rings. The Labute approximate surface area is 147 Å². The van der Waals surface area contributed by atoms with Crippen LogP contribution in [0, 0.1) is 0 Å². The number of anilines is 1. The van der Waals surface area contributed by atoms with Crippen LogP contribution in [0.3, 0.4) is 0 Å². The predicted octanol–water partition coefficient (Wildman–Crippen LogP) is 1.83. The second kappa shape index (κ2) is 8.19. The summed E-state index contributed by atoms with van der Waals surface area (Å²) in [5.74, 6) is -0.409. The van der Waals surface area contributed by atoms with E-state index in [0.29, 0.717) is 18.1 Å². The molecule has 1 amide bonds. The Kier molecular flexibility index (Phi) is 7.13. The molecule has 0 saturated heterocycles. The molecule has 0 aliphatic carbocycles. The fourth-order valence-electron chi connectivity index (χ4n) is 1.99. The van der Waals surface area contributed by atoms with E-state index in [1.165, 1.54) is 19.1 Å². The molecule has 0 fully saturated rings. The van der Waals surface area contributed by atoms with Crippen LogP contribution in [0.4, 0.5) is 5.69 Å². The van der Waals surface area contributed by atoms with Crippen molar-refractivity contribution in [2.75, 3.05) is 37.7 Å². The van der Waals surface area contributed by atoms with Gasteiger partial charge in [0.15, 0.2) is 0 Å². The summed E-state index contributed by atoms with van der Waals surface area (Å²) >= 11 is 12.0. The Hall–Kier alpha value is -1.02. The van der Waals surface area contributed by atoms with Crippen LogP contribution < -0.4 is 9.62 Å². The molecule has 6 nitrogen and oxygen atoms in total. The Morgan fingerprint density at radius 3 is 2.43 bits per heavy atom. The van der Waals surface area contributed by atoms with Crippen molar-refractivity contribution in [2.45, 2.75) is 13.0 Å². The maximum absolute atomic E-state index is 12.3. The van der Waals surface area contributed by atoms with Gasteiger partial charge in [0.2, 0.25) is 15.9 Å². The van der Waals surface area contributed by atoms with Gasteiger partial charge in [0.1, 0.15) is 6.04 Å². The number of carbonyl (C=O) groups excluding carboxylic acids is 1. The van der Waals surface area contributed by atoms with Crippen molar-refractivity contribution in [2.24, 2.45) is 0 Å². The van der Waals surface area contributed by atoms with E-state index in [4.69, 9.17) is 23.2 Å². The molecule has 130 valence electrons. The molecule has 1 rings (SSSR count). The molecular formula is C14H21Cl2N3O3S. The molecule has 1 aromatic carbocycles. The first-order chi connectivity index (χ1) is 10.5. The van der Waals surface area contributed by atoms with Crippen molar-refractivity contribution in [3.8, 4) is 0 Å². The van der Waals surface area contributed by atoms with Gasteiger partial charge in [0.05, 0.1) is 17.0 Å². The predicted molar refractivity (Wildman–Crippen MR) is 94.8 cm³/mol. The van der Waals surface area contributed by atoms with E-state index in [9.17, 15) is 13.2 Å². The summed E-state index contributed by atoms with van der Waals surface area (Å²) in [5.41, 5.74) is 0.178. The van der Waals surface area contributed by atoms with Gasteiger partial charge in [0.25, 0.3) is 0 Å². The molecule has 0 spiro atoms. The zero-order valence-electron chi connectivity index (χ0n) is 13.5. The number of hydrogen-bond donors (Lipinski definition) is 1. The summed E-state index contributed by atoms with van der Waals surface area (Å²) < 4.78 is 25.3. The van der Waals surface area contributed by atoms with Crippen molar-refractivity contribution >= 4 is 44.8 Å². The lowest BCUT2D eigenvalue weighted by Gasteiger charge is -2.29. The van der Waals surface area contributed by atoms with Crippen LogP contribution >= 0.6 is 23.2 Å². The zero-order chi connectivity index (χ0) is 17.8. The van der Waals surface area contributed by atoms with Crippen LogP contribution in [0.5, 0.6) is 0 Å². The third kappa shape index (κ3) is 5.84. The smallest absolute Gasteiger partial charge is 0.243 e. The third-order valence-electron chi connectivity index (χ3n) is 3.09. The molecule has 23 heavy (non-hydrogen) atoms. The Morgan fingerprint density at radius 2 is 1.91 bits per heavy atom. The summed E-state index contributed by atoms with van der Waals surface area (Å²) in [6, 6.07) is 3.52. The molecule has 1 atom stereocenters. The number of benzene rings is 1. The van der Waals surface area contributed by atoms with Crippen LogP contribution in [-0.4, -0.2) is 58.7 Å². The van der Waals surface area contributed by atoms with Gasteiger partial charge >= 0.3 is 0 Å². The number of amides is 1. The molecule has 0 radical (unpaired) electrons. The number of carbonyl (C=O) groups is 1. The SMILES string of the molecule is C[C@H](C(=O)NCCN(C)C)N(c1cc(Cl)ccc1Cl)S(C)(=O)=O. The van der Waals surface area contributed by atoms with Gasteiger partial charge in [-0.05, 0) is 39.2 Å².